The van der Waals surface area contributed by atoms with Crippen molar-refractivity contribution in [2.75, 3.05) is 0 Å². The Bertz CT molecular complexity index is 565. The number of rotatable bonds is 2. The zero-order valence-electron chi connectivity index (χ0n) is 7.29. The van der Waals surface area contributed by atoms with Gasteiger partial charge in [-0.1, -0.05) is 17.3 Å². The maximum Gasteiger partial charge on any atom is 0.261 e. The minimum Gasteiger partial charge on any atom is -0.342 e. The summed E-state index contributed by atoms with van der Waals surface area (Å²) >= 11 is 0. The number of aromatic nitrogens is 2. The Labute approximate surface area is 90.1 Å². The highest BCUT2D eigenvalue weighted by molar-refractivity contribution is 8.13. The molecule has 7 heteroatoms. The summed E-state index contributed by atoms with van der Waals surface area (Å²) in [6.45, 7) is 0. The number of halogens is 1. The summed E-state index contributed by atoms with van der Waals surface area (Å²) in [6, 6.07) is 6.00. The van der Waals surface area contributed by atoms with Crippen LogP contribution in [0.5, 0.6) is 0 Å². The predicted molar refractivity (Wildman–Crippen MR) is 52.8 cm³/mol. The van der Waals surface area contributed by atoms with Crippen LogP contribution in [0.1, 0.15) is 0 Å². The second kappa shape index (κ2) is 3.63. The van der Waals surface area contributed by atoms with Crippen molar-refractivity contribution in [2.24, 2.45) is 0 Å². The van der Waals surface area contributed by atoms with Crippen molar-refractivity contribution in [3.05, 3.63) is 30.7 Å². The van der Waals surface area contributed by atoms with Crippen LogP contribution in [0.3, 0.4) is 0 Å². The third kappa shape index (κ3) is 2.16. The fourth-order valence-corrected chi connectivity index (χ4v) is 1.88. The van der Waals surface area contributed by atoms with Gasteiger partial charge in [-0.3, -0.25) is 0 Å². The Morgan fingerprint density at radius 1 is 1.33 bits per heavy atom. The lowest BCUT2D eigenvalue weighted by atomic mass is 10.2. The van der Waals surface area contributed by atoms with Crippen molar-refractivity contribution >= 4 is 19.7 Å². The van der Waals surface area contributed by atoms with E-state index in [9.17, 15) is 8.42 Å². The predicted octanol–water partition coefficient (Wildman–Crippen LogP) is 1.66. The molecule has 0 aliphatic rings. The van der Waals surface area contributed by atoms with E-state index in [2.05, 4.69) is 14.7 Å². The third-order valence-electron chi connectivity index (χ3n) is 1.74. The van der Waals surface area contributed by atoms with Crippen LogP contribution >= 0.6 is 10.7 Å². The minimum atomic E-state index is -3.73. The van der Waals surface area contributed by atoms with Gasteiger partial charge in [0, 0.05) is 16.2 Å². The molecule has 0 saturated carbocycles. The molecule has 0 saturated heterocycles. The fraction of sp³-hybridized carbons (Fsp3) is 0. The van der Waals surface area contributed by atoms with E-state index < -0.39 is 9.05 Å². The molecular weight excluding hydrogens is 240 g/mol. The minimum absolute atomic E-state index is 0.00599. The van der Waals surface area contributed by atoms with Gasteiger partial charge in [-0.25, -0.2) is 8.42 Å². The monoisotopic (exact) mass is 244 g/mol. The zero-order valence-corrected chi connectivity index (χ0v) is 8.86. The number of hydrogen-bond acceptors (Lipinski definition) is 5. The average molecular weight is 245 g/mol. The summed E-state index contributed by atoms with van der Waals surface area (Å²) in [5.74, 6) is 0.317. The summed E-state index contributed by atoms with van der Waals surface area (Å²) in [5, 5.41) is 3.59. The van der Waals surface area contributed by atoms with Crippen molar-refractivity contribution in [3.63, 3.8) is 0 Å². The van der Waals surface area contributed by atoms with Gasteiger partial charge in [0.2, 0.25) is 12.2 Å². The number of hydrogen-bond donors (Lipinski definition) is 0. The summed E-state index contributed by atoms with van der Waals surface area (Å²) in [5.41, 5.74) is 0.533. The molecule has 0 radical (unpaired) electrons. The Morgan fingerprint density at radius 3 is 2.73 bits per heavy atom. The van der Waals surface area contributed by atoms with Crippen LogP contribution in [0.15, 0.2) is 40.1 Å². The summed E-state index contributed by atoms with van der Waals surface area (Å²) in [6.07, 6.45) is 1.16. The van der Waals surface area contributed by atoms with E-state index in [-0.39, 0.29) is 4.90 Å². The lowest BCUT2D eigenvalue weighted by Gasteiger charge is -1.97. The van der Waals surface area contributed by atoms with Crippen molar-refractivity contribution in [1.29, 1.82) is 0 Å². The second-order valence-electron chi connectivity index (χ2n) is 2.72. The zero-order chi connectivity index (χ0) is 10.9. The Kier molecular flexibility index (Phi) is 2.45. The van der Waals surface area contributed by atoms with Gasteiger partial charge in [0.15, 0.2) is 0 Å². The molecule has 1 heterocycles. The molecule has 2 aromatic rings. The highest BCUT2D eigenvalue weighted by Gasteiger charge is 2.12. The van der Waals surface area contributed by atoms with E-state index in [0.717, 1.165) is 6.39 Å². The van der Waals surface area contributed by atoms with Gasteiger partial charge in [0.25, 0.3) is 9.05 Å². The molecule has 78 valence electrons. The smallest absolute Gasteiger partial charge is 0.261 e. The molecule has 0 unspecified atom stereocenters. The first kappa shape index (κ1) is 10.1. The second-order valence-corrected chi connectivity index (χ2v) is 5.29. The number of benzene rings is 1. The molecule has 1 aromatic heterocycles. The highest BCUT2D eigenvalue weighted by Crippen LogP contribution is 2.21. The summed E-state index contributed by atoms with van der Waals surface area (Å²) in [7, 11) is 1.47. The van der Waals surface area contributed by atoms with Crippen molar-refractivity contribution in [1.82, 2.24) is 10.1 Å². The van der Waals surface area contributed by atoms with E-state index in [4.69, 9.17) is 10.7 Å². The first-order chi connectivity index (χ1) is 7.07. The van der Waals surface area contributed by atoms with Crippen molar-refractivity contribution in [3.8, 4) is 11.4 Å². The van der Waals surface area contributed by atoms with Crippen LogP contribution < -0.4 is 0 Å². The third-order valence-corrected chi connectivity index (χ3v) is 3.09. The quantitative estimate of drug-likeness (QED) is 0.752. The summed E-state index contributed by atoms with van der Waals surface area (Å²) in [4.78, 5) is 3.80. The molecule has 0 aliphatic heterocycles. The number of nitrogens with zero attached hydrogens (tertiary/aromatic N) is 2. The molecule has 2 rings (SSSR count). The largest absolute Gasteiger partial charge is 0.342 e. The van der Waals surface area contributed by atoms with E-state index in [1.54, 1.807) is 12.1 Å². The lowest BCUT2D eigenvalue weighted by molar-refractivity contribution is 0.418. The molecule has 15 heavy (non-hydrogen) atoms. The van der Waals surface area contributed by atoms with E-state index >= 15 is 0 Å². The Morgan fingerprint density at radius 2 is 2.13 bits per heavy atom. The molecule has 0 N–H and O–H groups in total. The highest BCUT2D eigenvalue weighted by atomic mass is 35.7. The molecule has 0 amide bonds. The van der Waals surface area contributed by atoms with Crippen LogP contribution in [-0.2, 0) is 9.05 Å². The van der Waals surface area contributed by atoms with Crippen LogP contribution in [0.2, 0.25) is 0 Å². The van der Waals surface area contributed by atoms with Crippen LogP contribution in [0, 0.1) is 0 Å². The van der Waals surface area contributed by atoms with Gasteiger partial charge in [-0.2, -0.15) is 4.98 Å². The van der Waals surface area contributed by atoms with E-state index in [0.29, 0.717) is 11.4 Å². The summed E-state index contributed by atoms with van der Waals surface area (Å²) < 4.78 is 26.7. The van der Waals surface area contributed by atoms with E-state index in [1.165, 1.54) is 12.1 Å². The van der Waals surface area contributed by atoms with Gasteiger partial charge in [0.05, 0.1) is 4.90 Å². The van der Waals surface area contributed by atoms with Gasteiger partial charge in [0.1, 0.15) is 0 Å². The average Bonchev–Trinajstić information content (AvgIpc) is 2.69. The fourth-order valence-electron chi connectivity index (χ4n) is 1.08. The molecular formula is C8H5ClN2O3S. The standard InChI is InChI=1S/C8H5ClN2O3S/c9-15(12,13)7-3-1-2-6(4-7)8-10-5-14-11-8/h1-5H. The molecule has 0 atom stereocenters. The van der Waals surface area contributed by atoms with Crippen LogP contribution in [-0.4, -0.2) is 18.6 Å². The van der Waals surface area contributed by atoms with Crippen LogP contribution in [0.25, 0.3) is 11.4 Å². The topological polar surface area (TPSA) is 73.1 Å². The molecule has 5 nitrogen and oxygen atoms in total. The Hall–Kier alpha value is -1.40. The van der Waals surface area contributed by atoms with Gasteiger partial charge in [-0.05, 0) is 12.1 Å². The molecule has 0 bridgehead atoms. The molecule has 0 spiro atoms. The first-order valence-electron chi connectivity index (χ1n) is 3.89. The molecule has 0 fully saturated rings. The van der Waals surface area contributed by atoms with Gasteiger partial charge < -0.3 is 4.52 Å². The SMILES string of the molecule is O=S(=O)(Cl)c1cccc(-c2ncon2)c1. The molecule has 0 aliphatic carbocycles. The van der Waals surface area contributed by atoms with Crippen molar-refractivity contribution in [2.45, 2.75) is 4.90 Å². The maximum absolute atomic E-state index is 11.1. The normalized spacial score (nSPS) is 11.5. The maximum atomic E-state index is 11.1. The van der Waals surface area contributed by atoms with Gasteiger partial charge >= 0.3 is 0 Å². The molecule has 1 aromatic carbocycles. The van der Waals surface area contributed by atoms with Crippen LogP contribution in [0.4, 0.5) is 0 Å². The first-order valence-corrected chi connectivity index (χ1v) is 6.20. The Balaban J connectivity index is 2.53. The van der Waals surface area contributed by atoms with E-state index in [1.807, 2.05) is 0 Å². The van der Waals surface area contributed by atoms with Gasteiger partial charge in [-0.15, -0.1) is 0 Å². The lowest BCUT2D eigenvalue weighted by Crippen LogP contribution is -1.91. The van der Waals surface area contributed by atoms with Crippen molar-refractivity contribution < 1.29 is 12.9 Å².